The molecule has 6 nitrogen and oxygen atoms in total. The number of aromatic nitrogens is 2. The van der Waals surface area contributed by atoms with E-state index in [0.29, 0.717) is 11.5 Å². The van der Waals surface area contributed by atoms with Gasteiger partial charge in [-0.25, -0.2) is 15.4 Å². The van der Waals surface area contributed by atoms with E-state index in [-0.39, 0.29) is 11.5 Å². The number of nitrogens with one attached hydrogen (secondary N) is 1. The minimum atomic E-state index is -2.96. The number of anilines is 1. The predicted octanol–water partition coefficient (Wildman–Crippen LogP) is 3.15. The van der Waals surface area contributed by atoms with Gasteiger partial charge in [0, 0.05) is 17.0 Å². The van der Waals surface area contributed by atoms with Crippen molar-refractivity contribution in [1.29, 1.82) is 0 Å². The number of hydrazone groups is 1. The fraction of sp³-hybridized carbons (Fsp3) is 0.267. The quantitative estimate of drug-likeness (QED) is 0.653. The van der Waals surface area contributed by atoms with Gasteiger partial charge in [0.2, 0.25) is 5.95 Å². The highest BCUT2D eigenvalue weighted by Gasteiger charge is 2.14. The molecule has 0 spiro atoms. The molecule has 0 radical (unpaired) electrons. The lowest BCUT2D eigenvalue weighted by Gasteiger charge is -2.11. The Morgan fingerprint density at radius 1 is 1.22 bits per heavy atom. The van der Waals surface area contributed by atoms with Crippen molar-refractivity contribution in [3.8, 4) is 11.5 Å². The van der Waals surface area contributed by atoms with Gasteiger partial charge in [0.25, 0.3) is 0 Å². The third-order valence-corrected chi connectivity index (χ3v) is 2.79. The van der Waals surface area contributed by atoms with Crippen LogP contribution in [0, 0.1) is 13.8 Å². The molecule has 1 aromatic heterocycles. The van der Waals surface area contributed by atoms with Gasteiger partial charge < -0.3 is 9.47 Å². The van der Waals surface area contributed by atoms with E-state index < -0.39 is 6.61 Å². The lowest BCUT2D eigenvalue weighted by molar-refractivity contribution is -0.0513. The van der Waals surface area contributed by atoms with E-state index in [0.717, 1.165) is 11.4 Å². The fourth-order valence-electron chi connectivity index (χ4n) is 1.95. The summed E-state index contributed by atoms with van der Waals surface area (Å²) in [6.45, 7) is 0.703. The molecule has 0 saturated carbocycles. The van der Waals surface area contributed by atoms with E-state index in [4.69, 9.17) is 4.74 Å². The molecule has 1 N–H and O–H groups in total. The molecule has 0 fully saturated rings. The molecule has 0 saturated heterocycles. The summed E-state index contributed by atoms with van der Waals surface area (Å²) in [4.78, 5) is 8.32. The van der Waals surface area contributed by atoms with Crippen LogP contribution in [0.2, 0.25) is 0 Å². The molecule has 122 valence electrons. The SMILES string of the molecule is COc1cccc(/C=N\Nc2nc(C)cc(C)n2)c1OC(F)F. The van der Waals surface area contributed by atoms with Gasteiger partial charge in [0.15, 0.2) is 11.5 Å². The molecule has 2 rings (SSSR count). The Morgan fingerprint density at radius 2 is 1.91 bits per heavy atom. The van der Waals surface area contributed by atoms with Crippen LogP contribution in [0.25, 0.3) is 0 Å². The van der Waals surface area contributed by atoms with E-state index in [1.807, 2.05) is 19.9 Å². The minimum Gasteiger partial charge on any atom is -0.493 e. The van der Waals surface area contributed by atoms with Crippen molar-refractivity contribution < 1.29 is 18.3 Å². The Morgan fingerprint density at radius 3 is 2.52 bits per heavy atom. The predicted molar refractivity (Wildman–Crippen MR) is 82.3 cm³/mol. The molecule has 0 aliphatic carbocycles. The molecule has 23 heavy (non-hydrogen) atoms. The van der Waals surface area contributed by atoms with E-state index in [1.165, 1.54) is 19.4 Å². The summed E-state index contributed by atoms with van der Waals surface area (Å²) in [5.74, 6) is 0.423. The van der Waals surface area contributed by atoms with E-state index in [2.05, 4.69) is 25.2 Å². The number of methoxy groups -OCH3 is 1. The first-order valence-corrected chi connectivity index (χ1v) is 6.72. The van der Waals surface area contributed by atoms with Crippen molar-refractivity contribution in [2.45, 2.75) is 20.5 Å². The smallest absolute Gasteiger partial charge is 0.387 e. The highest BCUT2D eigenvalue weighted by Crippen LogP contribution is 2.31. The number of para-hydroxylation sites is 1. The van der Waals surface area contributed by atoms with Crippen LogP contribution in [-0.4, -0.2) is 29.9 Å². The Hall–Kier alpha value is -2.77. The largest absolute Gasteiger partial charge is 0.493 e. The van der Waals surface area contributed by atoms with Gasteiger partial charge >= 0.3 is 6.61 Å². The van der Waals surface area contributed by atoms with Crippen molar-refractivity contribution >= 4 is 12.2 Å². The Balaban J connectivity index is 2.21. The van der Waals surface area contributed by atoms with Crippen LogP contribution in [0.15, 0.2) is 29.4 Å². The van der Waals surface area contributed by atoms with E-state index in [1.54, 1.807) is 12.1 Å². The van der Waals surface area contributed by atoms with Crippen LogP contribution < -0.4 is 14.9 Å². The third kappa shape index (κ3) is 4.60. The number of benzene rings is 1. The van der Waals surface area contributed by atoms with Crippen LogP contribution in [0.1, 0.15) is 17.0 Å². The van der Waals surface area contributed by atoms with Crippen LogP contribution in [0.4, 0.5) is 14.7 Å². The highest BCUT2D eigenvalue weighted by atomic mass is 19.3. The number of rotatable bonds is 6. The fourth-order valence-corrected chi connectivity index (χ4v) is 1.95. The summed E-state index contributed by atoms with van der Waals surface area (Å²) in [6.07, 6.45) is 1.33. The average molecular weight is 322 g/mol. The highest BCUT2D eigenvalue weighted by molar-refractivity contribution is 5.85. The Bertz CT molecular complexity index is 688. The molecule has 0 bridgehead atoms. The molecule has 0 aliphatic heterocycles. The second kappa shape index (κ2) is 7.48. The Kier molecular flexibility index (Phi) is 5.40. The maximum Gasteiger partial charge on any atom is 0.387 e. The van der Waals surface area contributed by atoms with Gasteiger partial charge in [-0.1, -0.05) is 6.07 Å². The summed E-state index contributed by atoms with van der Waals surface area (Å²) in [5, 5.41) is 3.96. The number of ether oxygens (including phenoxy) is 2. The first-order valence-electron chi connectivity index (χ1n) is 6.72. The van der Waals surface area contributed by atoms with Crippen molar-refractivity contribution in [2.75, 3.05) is 12.5 Å². The number of alkyl halides is 2. The first kappa shape index (κ1) is 16.6. The summed E-state index contributed by atoms with van der Waals surface area (Å²) in [7, 11) is 1.37. The van der Waals surface area contributed by atoms with Crippen LogP contribution in [0.5, 0.6) is 11.5 Å². The zero-order valence-electron chi connectivity index (χ0n) is 12.9. The second-order valence-electron chi connectivity index (χ2n) is 4.60. The molecule has 1 heterocycles. The van der Waals surface area contributed by atoms with Crippen LogP contribution >= 0.6 is 0 Å². The monoisotopic (exact) mass is 322 g/mol. The number of hydrogen-bond donors (Lipinski definition) is 1. The van der Waals surface area contributed by atoms with Gasteiger partial charge in [0.05, 0.1) is 13.3 Å². The molecule has 0 unspecified atom stereocenters. The summed E-state index contributed by atoms with van der Waals surface area (Å²) in [6, 6.07) is 6.57. The van der Waals surface area contributed by atoms with Crippen molar-refractivity contribution in [2.24, 2.45) is 5.10 Å². The van der Waals surface area contributed by atoms with Crippen LogP contribution in [0.3, 0.4) is 0 Å². The summed E-state index contributed by atoms with van der Waals surface area (Å²) >= 11 is 0. The number of aryl methyl sites for hydroxylation is 2. The normalized spacial score (nSPS) is 11.0. The molecule has 8 heteroatoms. The number of nitrogens with zero attached hydrogens (tertiary/aromatic N) is 3. The Labute approximate surface area is 132 Å². The third-order valence-electron chi connectivity index (χ3n) is 2.79. The van der Waals surface area contributed by atoms with E-state index in [9.17, 15) is 8.78 Å². The molecule has 1 aromatic carbocycles. The molecule has 0 aliphatic rings. The standard InChI is InChI=1S/C15H16F2N4O2/c1-9-7-10(2)20-15(19-9)21-18-8-11-5-4-6-12(22-3)13(11)23-14(16)17/h4-8,14H,1-3H3,(H,19,20,21)/b18-8-. The number of hydrogen-bond acceptors (Lipinski definition) is 6. The number of halogens is 2. The van der Waals surface area contributed by atoms with Crippen molar-refractivity contribution in [1.82, 2.24) is 9.97 Å². The maximum atomic E-state index is 12.5. The topological polar surface area (TPSA) is 68.6 Å². The van der Waals surface area contributed by atoms with Gasteiger partial charge in [-0.15, -0.1) is 0 Å². The maximum absolute atomic E-state index is 12.5. The summed E-state index contributed by atoms with van der Waals surface area (Å²) < 4.78 is 34.6. The molecule has 2 aromatic rings. The van der Waals surface area contributed by atoms with Crippen molar-refractivity contribution in [3.05, 3.63) is 41.2 Å². The molecular weight excluding hydrogens is 306 g/mol. The zero-order valence-corrected chi connectivity index (χ0v) is 12.9. The van der Waals surface area contributed by atoms with Crippen molar-refractivity contribution in [3.63, 3.8) is 0 Å². The first-order chi connectivity index (χ1) is 11.0. The second-order valence-corrected chi connectivity index (χ2v) is 4.60. The van der Waals surface area contributed by atoms with Gasteiger partial charge in [-0.2, -0.15) is 13.9 Å². The van der Waals surface area contributed by atoms with Crippen LogP contribution in [-0.2, 0) is 0 Å². The molecule has 0 atom stereocenters. The zero-order chi connectivity index (χ0) is 16.8. The molecular formula is C15H16F2N4O2. The van der Waals surface area contributed by atoms with Gasteiger partial charge in [-0.05, 0) is 32.0 Å². The van der Waals surface area contributed by atoms with Gasteiger partial charge in [0.1, 0.15) is 0 Å². The molecule has 0 amide bonds. The van der Waals surface area contributed by atoms with E-state index >= 15 is 0 Å². The summed E-state index contributed by atoms with van der Waals surface area (Å²) in [5.41, 5.74) is 4.57. The van der Waals surface area contributed by atoms with Gasteiger partial charge in [-0.3, -0.25) is 0 Å². The minimum absolute atomic E-state index is 0.0862. The lowest BCUT2D eigenvalue weighted by atomic mass is 10.2. The lowest BCUT2D eigenvalue weighted by Crippen LogP contribution is -2.06. The average Bonchev–Trinajstić information content (AvgIpc) is 2.47.